The standard InChI is InChI=1S/C25H39N5O3/c1-5-6-7-11-14-28-17-22-29(21(24(28)32)15-19(2)3)23(31)18-27(4)30(22)25(33)26-16-20-12-9-8-10-13-20/h8-10,12-13,19,21-22H,5-7,11,14-18H2,1-4H3,(H,26,33)/t21-,22?/m0/s1. The Morgan fingerprint density at radius 2 is 1.85 bits per heavy atom. The van der Waals surface area contributed by atoms with Crippen molar-refractivity contribution in [3.8, 4) is 0 Å². The number of benzene rings is 1. The van der Waals surface area contributed by atoms with Gasteiger partial charge in [0.05, 0.1) is 13.1 Å². The molecular formula is C25H39N5O3. The second kappa shape index (κ2) is 11.5. The highest BCUT2D eigenvalue weighted by Gasteiger charge is 2.50. The first-order valence-electron chi connectivity index (χ1n) is 12.3. The summed E-state index contributed by atoms with van der Waals surface area (Å²) in [7, 11) is 1.76. The molecule has 2 fully saturated rings. The SMILES string of the molecule is CCCCCCN1CC2N(C(=O)CN(C)N2C(=O)NCc2ccccc2)[C@@H](CC(C)C)C1=O. The minimum absolute atomic E-state index is 0.0130. The summed E-state index contributed by atoms with van der Waals surface area (Å²) in [6.45, 7) is 7.77. The molecule has 2 aliphatic heterocycles. The van der Waals surface area contributed by atoms with Crippen LogP contribution in [0.3, 0.4) is 0 Å². The minimum Gasteiger partial charge on any atom is -0.337 e. The van der Waals surface area contributed by atoms with Crippen LogP contribution >= 0.6 is 0 Å². The smallest absolute Gasteiger partial charge is 0.334 e. The van der Waals surface area contributed by atoms with E-state index in [0.717, 1.165) is 31.2 Å². The number of amides is 4. The molecule has 0 radical (unpaired) electrons. The number of likely N-dealkylation sites (N-methyl/N-ethyl adjacent to an activating group) is 1. The summed E-state index contributed by atoms with van der Waals surface area (Å²) in [6, 6.07) is 8.96. The van der Waals surface area contributed by atoms with Crippen LogP contribution in [0.15, 0.2) is 30.3 Å². The molecule has 2 heterocycles. The van der Waals surface area contributed by atoms with Gasteiger partial charge < -0.3 is 15.1 Å². The number of unbranched alkanes of at least 4 members (excludes halogenated alkanes) is 3. The number of hydrogen-bond donors (Lipinski definition) is 1. The van der Waals surface area contributed by atoms with Gasteiger partial charge in [0.25, 0.3) is 0 Å². The largest absolute Gasteiger partial charge is 0.337 e. The zero-order chi connectivity index (χ0) is 24.0. The first-order chi connectivity index (χ1) is 15.8. The number of hydrogen-bond acceptors (Lipinski definition) is 4. The van der Waals surface area contributed by atoms with Crippen molar-refractivity contribution >= 4 is 17.8 Å². The molecule has 1 aromatic carbocycles. The van der Waals surface area contributed by atoms with E-state index in [1.54, 1.807) is 22.0 Å². The number of carbonyl (C=O) groups excluding carboxylic acids is 3. The van der Waals surface area contributed by atoms with Gasteiger partial charge in [-0.3, -0.25) is 9.59 Å². The number of hydrazine groups is 1. The number of nitrogens with zero attached hydrogens (tertiary/aromatic N) is 4. The fraction of sp³-hybridized carbons (Fsp3) is 0.640. The first kappa shape index (κ1) is 25.0. The monoisotopic (exact) mass is 457 g/mol. The third-order valence-electron chi connectivity index (χ3n) is 6.41. The van der Waals surface area contributed by atoms with Crippen molar-refractivity contribution in [2.75, 3.05) is 26.7 Å². The zero-order valence-electron chi connectivity index (χ0n) is 20.5. The normalized spacial score (nSPS) is 21.5. The molecule has 3 rings (SSSR count). The lowest BCUT2D eigenvalue weighted by Crippen LogP contribution is -2.76. The molecule has 4 amide bonds. The molecule has 0 aromatic heterocycles. The van der Waals surface area contributed by atoms with Crippen LogP contribution in [0.1, 0.15) is 58.4 Å². The van der Waals surface area contributed by atoms with E-state index in [0.29, 0.717) is 26.1 Å². The predicted octanol–water partition coefficient (Wildman–Crippen LogP) is 3.05. The number of carbonyl (C=O) groups is 3. The fourth-order valence-electron chi connectivity index (χ4n) is 4.77. The van der Waals surface area contributed by atoms with Crippen LogP contribution in [-0.4, -0.2) is 76.6 Å². The molecule has 33 heavy (non-hydrogen) atoms. The lowest BCUT2D eigenvalue weighted by atomic mass is 9.97. The Kier molecular flexibility index (Phi) is 8.72. The summed E-state index contributed by atoms with van der Waals surface area (Å²) >= 11 is 0. The van der Waals surface area contributed by atoms with E-state index in [4.69, 9.17) is 0 Å². The van der Waals surface area contributed by atoms with Crippen LogP contribution in [0.2, 0.25) is 0 Å². The molecule has 1 aromatic rings. The summed E-state index contributed by atoms with van der Waals surface area (Å²) in [4.78, 5) is 43.3. The maximum atomic E-state index is 13.4. The van der Waals surface area contributed by atoms with Crippen molar-refractivity contribution in [2.45, 2.75) is 71.6 Å². The van der Waals surface area contributed by atoms with Gasteiger partial charge in [-0.25, -0.2) is 14.8 Å². The summed E-state index contributed by atoms with van der Waals surface area (Å²) in [5, 5.41) is 6.30. The van der Waals surface area contributed by atoms with E-state index in [-0.39, 0.29) is 30.3 Å². The number of nitrogens with one attached hydrogen (secondary N) is 1. The topological polar surface area (TPSA) is 76.2 Å². The highest BCUT2D eigenvalue weighted by Crippen LogP contribution is 2.29. The Hall–Kier alpha value is -2.61. The van der Waals surface area contributed by atoms with Gasteiger partial charge >= 0.3 is 6.03 Å². The van der Waals surface area contributed by atoms with Gasteiger partial charge in [0.2, 0.25) is 11.8 Å². The van der Waals surface area contributed by atoms with E-state index in [2.05, 4.69) is 26.1 Å². The Labute approximate surface area is 197 Å². The van der Waals surface area contributed by atoms with E-state index < -0.39 is 12.2 Å². The van der Waals surface area contributed by atoms with Crippen molar-refractivity contribution in [1.29, 1.82) is 0 Å². The lowest BCUT2D eigenvalue weighted by Gasteiger charge is -2.54. The minimum atomic E-state index is -0.527. The van der Waals surface area contributed by atoms with Gasteiger partial charge in [-0.15, -0.1) is 0 Å². The molecule has 1 unspecified atom stereocenters. The average molecular weight is 458 g/mol. The Balaban J connectivity index is 1.81. The van der Waals surface area contributed by atoms with Gasteiger partial charge in [0.1, 0.15) is 12.2 Å². The summed E-state index contributed by atoms with van der Waals surface area (Å²) in [5.74, 6) is 0.172. The number of urea groups is 1. The van der Waals surface area contributed by atoms with Crippen molar-refractivity contribution in [3.05, 3.63) is 35.9 Å². The fourth-order valence-corrected chi connectivity index (χ4v) is 4.77. The van der Waals surface area contributed by atoms with Crippen molar-refractivity contribution in [1.82, 2.24) is 25.1 Å². The highest BCUT2D eigenvalue weighted by molar-refractivity contribution is 5.91. The zero-order valence-corrected chi connectivity index (χ0v) is 20.5. The van der Waals surface area contributed by atoms with Gasteiger partial charge in [-0.2, -0.15) is 0 Å². The molecule has 2 aliphatic rings. The third kappa shape index (κ3) is 6.05. The Morgan fingerprint density at radius 1 is 1.12 bits per heavy atom. The number of rotatable bonds is 9. The number of piperazine rings is 1. The van der Waals surface area contributed by atoms with Gasteiger partial charge in [0, 0.05) is 20.1 Å². The van der Waals surface area contributed by atoms with Crippen LogP contribution in [0.25, 0.3) is 0 Å². The van der Waals surface area contributed by atoms with Crippen LogP contribution in [0.5, 0.6) is 0 Å². The Morgan fingerprint density at radius 3 is 2.52 bits per heavy atom. The molecule has 8 heteroatoms. The molecule has 0 spiro atoms. The van der Waals surface area contributed by atoms with Gasteiger partial charge in [-0.1, -0.05) is 70.4 Å². The summed E-state index contributed by atoms with van der Waals surface area (Å²) in [5.41, 5.74) is 1.01. The molecule has 2 saturated heterocycles. The highest BCUT2D eigenvalue weighted by atomic mass is 16.2. The Bertz CT molecular complexity index is 816. The molecule has 182 valence electrons. The molecule has 2 atom stereocenters. The van der Waals surface area contributed by atoms with E-state index in [1.807, 2.05) is 35.2 Å². The molecule has 0 saturated carbocycles. The van der Waals surface area contributed by atoms with Crippen LogP contribution in [-0.2, 0) is 16.1 Å². The van der Waals surface area contributed by atoms with Gasteiger partial charge in [0.15, 0.2) is 0 Å². The molecule has 1 N–H and O–H groups in total. The first-order valence-corrected chi connectivity index (χ1v) is 12.3. The molecular weight excluding hydrogens is 418 g/mol. The van der Waals surface area contributed by atoms with Crippen LogP contribution in [0, 0.1) is 5.92 Å². The molecule has 0 bridgehead atoms. The van der Waals surface area contributed by atoms with Crippen LogP contribution < -0.4 is 5.32 Å². The van der Waals surface area contributed by atoms with Crippen LogP contribution in [0.4, 0.5) is 4.79 Å². The quantitative estimate of drug-likeness (QED) is 0.579. The summed E-state index contributed by atoms with van der Waals surface area (Å²) in [6.07, 6.45) is 4.38. The van der Waals surface area contributed by atoms with E-state index >= 15 is 0 Å². The van der Waals surface area contributed by atoms with Crippen molar-refractivity contribution in [2.24, 2.45) is 5.92 Å². The lowest BCUT2D eigenvalue weighted by molar-refractivity contribution is -0.188. The molecule has 0 aliphatic carbocycles. The second-order valence-electron chi connectivity index (χ2n) is 9.58. The van der Waals surface area contributed by atoms with E-state index in [9.17, 15) is 14.4 Å². The predicted molar refractivity (Wildman–Crippen MR) is 128 cm³/mol. The second-order valence-corrected chi connectivity index (χ2v) is 9.58. The van der Waals surface area contributed by atoms with Crippen molar-refractivity contribution < 1.29 is 14.4 Å². The summed E-state index contributed by atoms with van der Waals surface area (Å²) < 4.78 is 0. The van der Waals surface area contributed by atoms with Crippen molar-refractivity contribution in [3.63, 3.8) is 0 Å². The van der Waals surface area contributed by atoms with E-state index in [1.165, 1.54) is 0 Å². The molecule has 8 nitrogen and oxygen atoms in total. The van der Waals surface area contributed by atoms with Gasteiger partial charge in [-0.05, 0) is 24.3 Å². The number of fused-ring (bicyclic) bond motifs is 1. The maximum absolute atomic E-state index is 13.4. The third-order valence-corrected chi connectivity index (χ3v) is 6.41. The maximum Gasteiger partial charge on any atom is 0.334 e. The average Bonchev–Trinajstić information content (AvgIpc) is 2.78.